The number of unbranched alkanes of at least 4 members (excludes halogenated alkanes) is 6. The molecule has 0 fully saturated rings. The minimum Gasteiger partial charge on any atom is -0.870 e. The van der Waals surface area contributed by atoms with E-state index in [4.69, 9.17) is 19.1 Å². The summed E-state index contributed by atoms with van der Waals surface area (Å²) >= 11 is 3.33. The van der Waals surface area contributed by atoms with Crippen molar-refractivity contribution in [3.63, 3.8) is 0 Å². The number of nitrogens with zero attached hydrogens (tertiary/aromatic N) is 2. The molecule has 6 rings (SSSR count). The fraction of sp³-hybridized carbons (Fsp3) is 0.554. The molecule has 0 bridgehead atoms. The van der Waals surface area contributed by atoms with Crippen LogP contribution in [0.3, 0.4) is 0 Å². The molecule has 3 aliphatic rings. The monoisotopic (exact) mass is 1240 g/mol. The van der Waals surface area contributed by atoms with Crippen LogP contribution >= 0.6 is 15.9 Å². The summed E-state index contributed by atoms with van der Waals surface area (Å²) in [6.45, 7) is 24.4. The Morgan fingerprint density at radius 3 is 1.24 bits per heavy atom. The SMILES string of the molecule is CC1=Cc2ccc(S(=O)(=O)O)cc2C1(C)C.CC1=[N+](CCCCCC(=O)O)c2ccc(S(=O)(=O)O)cc2C1(C)C.CCOC(=O)CCCCCBr.CCOC(=O)CCCCC[N+]1=C(C)C(C)(C)c2cc(S(=O)(=O)O)ccc21.[Na+].[OH-]. The number of hydrogen-bond donors (Lipinski definition) is 4. The van der Waals surface area contributed by atoms with Crippen LogP contribution in [0.2, 0.25) is 0 Å². The Kier molecular flexibility index (Phi) is 29.4. The summed E-state index contributed by atoms with van der Waals surface area (Å²) in [5.41, 5.74) is 8.32. The summed E-state index contributed by atoms with van der Waals surface area (Å²) in [5.74, 6) is -0.995. The molecular weight excluding hydrogens is 1160 g/mol. The number of ether oxygens (including phenoxy) is 2. The average Bonchev–Trinajstić information content (AvgIpc) is 3.77. The van der Waals surface area contributed by atoms with Gasteiger partial charge in [-0.15, -0.1) is 0 Å². The zero-order valence-corrected chi connectivity index (χ0v) is 54.1. The zero-order chi connectivity index (χ0) is 58.3. The van der Waals surface area contributed by atoms with Gasteiger partial charge in [0.2, 0.25) is 11.4 Å². The van der Waals surface area contributed by atoms with Gasteiger partial charge in [0.25, 0.3) is 30.4 Å². The minimum atomic E-state index is -4.23. The van der Waals surface area contributed by atoms with Crippen molar-refractivity contribution in [2.45, 2.75) is 184 Å². The van der Waals surface area contributed by atoms with Crippen LogP contribution in [0.4, 0.5) is 11.4 Å². The molecule has 0 atom stereocenters. The number of halogens is 1. The Balaban J connectivity index is 0.000000545. The van der Waals surface area contributed by atoms with Gasteiger partial charge in [-0.05, 0) is 135 Å². The molecule has 2 heterocycles. The van der Waals surface area contributed by atoms with Gasteiger partial charge in [0.1, 0.15) is 13.1 Å². The van der Waals surface area contributed by atoms with Crippen LogP contribution in [-0.2, 0) is 70.5 Å². The number of allylic oxidation sites excluding steroid dienone is 1. The topological polar surface area (TPSA) is 289 Å². The number of carbonyl (C=O) groups excluding carboxylic acids is 2. The molecule has 5 N–H and O–H groups in total. The largest absolute Gasteiger partial charge is 1.00 e. The van der Waals surface area contributed by atoms with Gasteiger partial charge in [0.15, 0.2) is 11.4 Å². The molecule has 3 aromatic rings. The van der Waals surface area contributed by atoms with Crippen molar-refractivity contribution in [2.24, 2.45) is 0 Å². The predicted molar refractivity (Wildman–Crippen MR) is 304 cm³/mol. The van der Waals surface area contributed by atoms with E-state index in [-0.39, 0.29) is 84.3 Å². The summed E-state index contributed by atoms with van der Waals surface area (Å²) in [6, 6.07) is 14.2. The van der Waals surface area contributed by atoms with Crippen LogP contribution in [0, 0.1) is 0 Å². The maximum absolute atomic E-state index is 11.4. The van der Waals surface area contributed by atoms with Gasteiger partial charge in [0, 0.05) is 80.0 Å². The summed E-state index contributed by atoms with van der Waals surface area (Å²) in [6.07, 6.45) is 11.4. The number of carboxylic acid groups (broad SMARTS) is 1. The van der Waals surface area contributed by atoms with Crippen molar-refractivity contribution in [3.05, 3.63) is 82.4 Å². The molecule has 0 aromatic heterocycles. The molecule has 3 aromatic carbocycles. The van der Waals surface area contributed by atoms with Gasteiger partial charge in [-0.25, -0.2) is 0 Å². The number of fused-ring (bicyclic) bond motifs is 3. The Labute approximate surface area is 499 Å². The van der Waals surface area contributed by atoms with Gasteiger partial charge in [-0.3, -0.25) is 28.0 Å². The maximum atomic E-state index is 11.4. The zero-order valence-electron chi connectivity index (χ0n) is 48.0. The normalized spacial score (nSPS) is 15.2. The molecule has 0 saturated heterocycles. The van der Waals surface area contributed by atoms with Crippen molar-refractivity contribution < 1.29 is 112 Å². The van der Waals surface area contributed by atoms with Gasteiger partial charge in [0.05, 0.1) is 38.7 Å². The van der Waals surface area contributed by atoms with Crippen LogP contribution in [0.25, 0.3) is 6.08 Å². The molecular formula is C56H82BrN2NaO16S3+2. The first-order valence-electron chi connectivity index (χ1n) is 26.0. The van der Waals surface area contributed by atoms with Crippen LogP contribution in [-0.4, -0.2) is 120 Å². The van der Waals surface area contributed by atoms with Crippen molar-refractivity contribution >= 4 is 93.1 Å². The second-order valence-electron chi connectivity index (χ2n) is 20.8. The van der Waals surface area contributed by atoms with Crippen LogP contribution in [0.15, 0.2) is 74.9 Å². The van der Waals surface area contributed by atoms with E-state index in [9.17, 15) is 48.7 Å². The molecule has 2 aliphatic heterocycles. The number of hydrogen-bond acceptors (Lipinski definition) is 12. The van der Waals surface area contributed by atoms with Crippen molar-refractivity contribution in [2.75, 3.05) is 31.6 Å². The molecule has 0 radical (unpaired) electrons. The standard InChI is InChI=1S/C19H27NO5S.C17H23NO5S.C12H14O3S.C8H15BrO2.Na.H2O/c1-5-25-18(21)9-7-6-8-12-20-14(2)19(3,4)16-13-15(26(22,23)24)10-11-17(16)20;1-12-17(2,3)14-11-13(24(21,22)23)8-9-15(14)18(12)10-6-4-5-7-16(19)20;1-8-6-9-4-5-10(16(13,14)15)7-11(9)12(8,2)3;1-2-11-8(10)6-4-3-5-7-9;;/h10-11,13H,5-9,12H2,1-4H3;8-9,11H,4-7,10H2,1-3H3,(H-,19,20,21,22,23);4-7H,1-3H3,(H,13,14,15);2-7H2,1H3;;1H2/q;;;;+1;/p+1. The number of alkyl halides is 1. The summed E-state index contributed by atoms with van der Waals surface area (Å²) in [7, 11) is -12.6. The van der Waals surface area contributed by atoms with Gasteiger partial charge in [-0.1, -0.05) is 53.9 Å². The number of benzene rings is 3. The molecule has 79 heavy (non-hydrogen) atoms. The fourth-order valence-electron chi connectivity index (χ4n) is 9.26. The summed E-state index contributed by atoms with van der Waals surface area (Å²) in [5, 5.41) is 9.70. The smallest absolute Gasteiger partial charge is 0.870 e. The van der Waals surface area contributed by atoms with Crippen molar-refractivity contribution in [3.8, 4) is 0 Å². The molecule has 436 valence electrons. The molecule has 1 aliphatic carbocycles. The predicted octanol–water partition coefficient (Wildman–Crippen LogP) is 8.39. The minimum absolute atomic E-state index is 0. The van der Waals surface area contributed by atoms with E-state index in [1.807, 2.05) is 61.5 Å². The Bertz CT molecular complexity index is 3060. The summed E-state index contributed by atoms with van der Waals surface area (Å²) in [4.78, 5) is 32.5. The van der Waals surface area contributed by atoms with E-state index in [0.717, 1.165) is 115 Å². The Morgan fingerprint density at radius 2 is 0.886 bits per heavy atom. The molecule has 0 spiro atoms. The van der Waals surface area contributed by atoms with E-state index in [0.29, 0.717) is 32.5 Å². The number of aliphatic carboxylic acids is 1. The van der Waals surface area contributed by atoms with Gasteiger partial charge in [-0.2, -0.15) is 34.4 Å². The second kappa shape index (κ2) is 31.7. The fourth-order valence-corrected chi connectivity index (χ4v) is 11.2. The number of carbonyl (C=O) groups is 3. The van der Waals surface area contributed by atoms with Crippen LogP contribution in [0.1, 0.15) is 175 Å². The number of rotatable bonds is 22. The van der Waals surface area contributed by atoms with E-state index < -0.39 is 36.3 Å². The van der Waals surface area contributed by atoms with Crippen LogP contribution < -0.4 is 29.6 Å². The first kappa shape index (κ1) is 73.3. The van der Waals surface area contributed by atoms with Crippen molar-refractivity contribution in [1.29, 1.82) is 0 Å². The second-order valence-corrected chi connectivity index (χ2v) is 25.9. The third-order valence-electron chi connectivity index (χ3n) is 14.6. The maximum Gasteiger partial charge on any atom is 1.00 e. The number of carboxylic acids is 1. The quantitative estimate of drug-likeness (QED) is 0.0183. The summed E-state index contributed by atoms with van der Waals surface area (Å²) < 4.78 is 109. The van der Waals surface area contributed by atoms with Gasteiger partial charge < -0.3 is 20.1 Å². The first-order chi connectivity index (χ1) is 35.7. The van der Waals surface area contributed by atoms with E-state index in [1.54, 1.807) is 43.3 Å². The first-order valence-corrected chi connectivity index (χ1v) is 31.5. The third kappa shape index (κ3) is 20.6. The van der Waals surface area contributed by atoms with Crippen LogP contribution in [0.5, 0.6) is 0 Å². The third-order valence-corrected chi connectivity index (χ3v) is 17.7. The molecule has 18 nitrogen and oxygen atoms in total. The van der Waals surface area contributed by atoms with Crippen molar-refractivity contribution in [1.82, 2.24) is 0 Å². The molecule has 0 unspecified atom stereocenters. The number of esters is 2. The van der Waals surface area contributed by atoms with Gasteiger partial charge >= 0.3 is 47.5 Å². The Morgan fingerprint density at radius 1 is 0.532 bits per heavy atom. The van der Waals surface area contributed by atoms with E-state index in [1.165, 1.54) is 23.8 Å². The Hall–Kier alpha value is -3.68. The van der Waals surface area contributed by atoms with E-state index in [2.05, 4.69) is 38.9 Å². The van der Waals surface area contributed by atoms with E-state index >= 15 is 0 Å². The average molecular weight is 1240 g/mol. The molecule has 0 saturated carbocycles. The molecule has 0 amide bonds. The molecule has 23 heteroatoms.